The first-order chi connectivity index (χ1) is 15.1. The number of hydrogen-bond acceptors (Lipinski definition) is 4. The molecular formula is C27H34N4. The largest absolute Gasteiger partial charge is 0.364 e. The van der Waals surface area contributed by atoms with E-state index >= 15 is 0 Å². The molecule has 0 aromatic carbocycles. The summed E-state index contributed by atoms with van der Waals surface area (Å²) < 4.78 is 0. The van der Waals surface area contributed by atoms with Gasteiger partial charge in [0.2, 0.25) is 0 Å². The number of aryl methyl sites for hydroxylation is 1. The van der Waals surface area contributed by atoms with Crippen LogP contribution >= 0.6 is 0 Å². The Hall–Kier alpha value is -2.88. The van der Waals surface area contributed by atoms with Gasteiger partial charge in [-0.05, 0) is 74.4 Å². The van der Waals surface area contributed by atoms with Gasteiger partial charge in [-0.1, -0.05) is 18.7 Å². The number of aromatic nitrogens is 2. The lowest BCUT2D eigenvalue weighted by molar-refractivity contribution is 0.221. The topological polar surface area (TPSA) is 32.3 Å². The summed E-state index contributed by atoms with van der Waals surface area (Å²) in [5, 5.41) is 0. The highest BCUT2D eigenvalue weighted by Crippen LogP contribution is 2.40. The van der Waals surface area contributed by atoms with Gasteiger partial charge in [-0.25, -0.2) is 0 Å². The van der Waals surface area contributed by atoms with Gasteiger partial charge >= 0.3 is 0 Å². The first-order valence-electron chi connectivity index (χ1n) is 11.5. The number of rotatable bonds is 7. The summed E-state index contributed by atoms with van der Waals surface area (Å²) in [6.45, 7) is 8.29. The highest BCUT2D eigenvalue weighted by Gasteiger charge is 2.25. The Morgan fingerprint density at radius 3 is 2.55 bits per heavy atom. The molecule has 1 saturated heterocycles. The molecule has 0 radical (unpaired) electrons. The van der Waals surface area contributed by atoms with Crippen molar-refractivity contribution in [3.8, 4) is 11.1 Å². The molecule has 162 valence electrons. The molecule has 0 N–H and O–H groups in total. The fourth-order valence-corrected chi connectivity index (χ4v) is 4.32. The van der Waals surface area contributed by atoms with E-state index in [4.69, 9.17) is 4.98 Å². The van der Waals surface area contributed by atoms with Crippen molar-refractivity contribution in [1.82, 2.24) is 19.8 Å². The molecule has 4 nitrogen and oxygen atoms in total. The molecule has 2 aromatic rings. The molecule has 4 heteroatoms. The molecule has 4 rings (SSSR count). The molecule has 1 aliphatic heterocycles. The summed E-state index contributed by atoms with van der Waals surface area (Å²) >= 11 is 0. The van der Waals surface area contributed by atoms with Crippen LogP contribution in [0.3, 0.4) is 0 Å². The van der Waals surface area contributed by atoms with Crippen molar-refractivity contribution < 1.29 is 0 Å². The van der Waals surface area contributed by atoms with E-state index in [1.165, 1.54) is 49.2 Å². The van der Waals surface area contributed by atoms with Crippen molar-refractivity contribution in [3.63, 3.8) is 0 Å². The smallest absolute Gasteiger partial charge is 0.104 e. The van der Waals surface area contributed by atoms with Crippen molar-refractivity contribution in [1.29, 1.82) is 0 Å². The maximum Gasteiger partial charge on any atom is 0.104 e. The second-order valence-electron chi connectivity index (χ2n) is 8.90. The van der Waals surface area contributed by atoms with Gasteiger partial charge in [-0.2, -0.15) is 0 Å². The van der Waals surface area contributed by atoms with E-state index in [2.05, 4.69) is 72.7 Å². The Morgan fingerprint density at radius 2 is 1.87 bits per heavy atom. The number of nitrogens with zero attached hydrogens (tertiary/aromatic N) is 4. The lowest BCUT2D eigenvalue weighted by atomic mass is 9.98. The van der Waals surface area contributed by atoms with Crippen LogP contribution in [0.15, 0.2) is 61.2 Å². The van der Waals surface area contributed by atoms with Crippen molar-refractivity contribution in [3.05, 3.63) is 78.2 Å². The van der Waals surface area contributed by atoms with E-state index in [-0.39, 0.29) is 0 Å². The second kappa shape index (κ2) is 9.51. The van der Waals surface area contributed by atoms with Crippen LogP contribution in [0, 0.1) is 6.92 Å². The zero-order valence-corrected chi connectivity index (χ0v) is 19.1. The fraction of sp³-hybridized carbons (Fsp3) is 0.407. The summed E-state index contributed by atoms with van der Waals surface area (Å²) in [6, 6.07) is 6.59. The predicted octanol–water partition coefficient (Wildman–Crippen LogP) is 5.79. The van der Waals surface area contributed by atoms with E-state index in [9.17, 15) is 0 Å². The first kappa shape index (κ1) is 21.4. The lowest BCUT2D eigenvalue weighted by Crippen LogP contribution is -2.35. The Labute approximate surface area is 187 Å². The normalized spacial score (nSPS) is 17.6. The van der Waals surface area contributed by atoms with E-state index in [0.717, 1.165) is 35.5 Å². The minimum absolute atomic E-state index is 0.643. The van der Waals surface area contributed by atoms with Crippen LogP contribution in [0.25, 0.3) is 16.7 Å². The second-order valence-corrected chi connectivity index (χ2v) is 8.90. The number of allylic oxidation sites excluding steroid dienone is 4. The van der Waals surface area contributed by atoms with Crippen LogP contribution in [0.1, 0.15) is 55.0 Å². The van der Waals surface area contributed by atoms with Gasteiger partial charge in [0, 0.05) is 68.0 Å². The van der Waals surface area contributed by atoms with Crippen LogP contribution in [0.5, 0.6) is 0 Å². The minimum atomic E-state index is 0.643. The molecule has 2 aromatic heterocycles. The fourth-order valence-electron chi connectivity index (χ4n) is 4.32. The third-order valence-electron chi connectivity index (χ3n) is 6.23. The van der Waals surface area contributed by atoms with Gasteiger partial charge in [0.1, 0.15) is 5.82 Å². The summed E-state index contributed by atoms with van der Waals surface area (Å²) in [6.07, 6.45) is 16.5. The van der Waals surface area contributed by atoms with Crippen molar-refractivity contribution in [2.24, 2.45) is 0 Å². The van der Waals surface area contributed by atoms with Crippen LogP contribution < -0.4 is 0 Å². The summed E-state index contributed by atoms with van der Waals surface area (Å²) in [5.41, 5.74) is 6.86. The molecule has 2 aliphatic rings. The highest BCUT2D eigenvalue weighted by atomic mass is 15.3. The Kier molecular flexibility index (Phi) is 6.55. The Bertz CT molecular complexity index is 992. The van der Waals surface area contributed by atoms with Crippen molar-refractivity contribution >= 4 is 5.57 Å². The van der Waals surface area contributed by atoms with E-state index < -0.39 is 0 Å². The average Bonchev–Trinajstić information content (AvgIpc) is 3.63. The van der Waals surface area contributed by atoms with Crippen LogP contribution in [0.2, 0.25) is 0 Å². The maximum absolute atomic E-state index is 4.76. The quantitative estimate of drug-likeness (QED) is 0.537. The molecule has 3 heterocycles. The van der Waals surface area contributed by atoms with Gasteiger partial charge in [0.25, 0.3) is 0 Å². The van der Waals surface area contributed by atoms with Crippen molar-refractivity contribution in [2.45, 2.75) is 44.9 Å². The molecule has 0 bridgehead atoms. The Morgan fingerprint density at radius 1 is 1.10 bits per heavy atom. The van der Waals surface area contributed by atoms with Crippen LogP contribution in [-0.4, -0.2) is 47.0 Å². The monoisotopic (exact) mass is 414 g/mol. The van der Waals surface area contributed by atoms with E-state index in [1.54, 1.807) is 0 Å². The number of likely N-dealkylation sites (tertiary alicyclic amines) is 1. The summed E-state index contributed by atoms with van der Waals surface area (Å²) in [7, 11) is 4.26. The molecule has 1 saturated carbocycles. The summed E-state index contributed by atoms with van der Waals surface area (Å²) in [4.78, 5) is 14.1. The number of pyridine rings is 2. The van der Waals surface area contributed by atoms with Gasteiger partial charge in [0.15, 0.2) is 0 Å². The SMILES string of the molecule is C=C/C=C(\C=C(/N(C)C)N1CCCCC1)c1cc(-c2ccnc(C3CC3)c2)cnc1C. The minimum Gasteiger partial charge on any atom is -0.364 e. The highest BCUT2D eigenvalue weighted by molar-refractivity contribution is 5.80. The van der Waals surface area contributed by atoms with Gasteiger partial charge in [0.05, 0.1) is 0 Å². The first-order valence-corrected chi connectivity index (χ1v) is 11.5. The van der Waals surface area contributed by atoms with Gasteiger partial charge in [-0.3, -0.25) is 9.97 Å². The molecule has 31 heavy (non-hydrogen) atoms. The lowest BCUT2D eigenvalue weighted by Gasteiger charge is -2.35. The van der Waals surface area contributed by atoms with Crippen molar-refractivity contribution in [2.75, 3.05) is 27.2 Å². The summed E-state index contributed by atoms with van der Waals surface area (Å²) in [5.74, 6) is 1.89. The van der Waals surface area contributed by atoms with E-state index in [1.807, 2.05) is 18.5 Å². The zero-order chi connectivity index (χ0) is 21.8. The molecule has 0 spiro atoms. The molecule has 0 amide bonds. The van der Waals surface area contributed by atoms with Gasteiger partial charge < -0.3 is 9.80 Å². The number of piperidine rings is 1. The van der Waals surface area contributed by atoms with Gasteiger partial charge in [-0.15, -0.1) is 0 Å². The van der Waals surface area contributed by atoms with E-state index in [0.29, 0.717) is 5.92 Å². The maximum atomic E-state index is 4.76. The third-order valence-corrected chi connectivity index (χ3v) is 6.23. The molecule has 1 aliphatic carbocycles. The third kappa shape index (κ3) is 5.07. The molecular weight excluding hydrogens is 380 g/mol. The van der Waals surface area contributed by atoms with Crippen LogP contribution in [-0.2, 0) is 0 Å². The molecule has 2 fully saturated rings. The Balaban J connectivity index is 1.72. The molecule has 0 unspecified atom stereocenters. The van der Waals surface area contributed by atoms with Crippen LogP contribution in [0.4, 0.5) is 0 Å². The predicted molar refractivity (Wildman–Crippen MR) is 130 cm³/mol. The molecule has 0 atom stereocenters. The average molecular weight is 415 g/mol. The standard InChI is InChI=1S/C27H34N4/c1-5-9-23(18-27(30(3)4)31-14-7-6-8-15-31)25-16-24(19-29-20(25)2)22-12-13-28-26(17-22)21-10-11-21/h5,9,12-13,16-19,21H,1,6-8,10-11,14-15H2,2-4H3/b23-9+,27-18+. The zero-order valence-electron chi connectivity index (χ0n) is 19.1. The number of hydrogen-bond donors (Lipinski definition) is 0.